The minimum absolute atomic E-state index is 0.0284. The van der Waals surface area contributed by atoms with Crippen LogP contribution in [0.2, 0.25) is 0 Å². The van der Waals surface area contributed by atoms with E-state index in [-0.39, 0.29) is 18.3 Å². The molecule has 0 aliphatic carbocycles. The van der Waals surface area contributed by atoms with Crippen LogP contribution in [-0.2, 0) is 25.0 Å². The number of nitrogens with one attached hydrogen (secondary N) is 1. The maximum atomic E-state index is 13.0. The van der Waals surface area contributed by atoms with Crippen LogP contribution in [0.5, 0.6) is 11.5 Å². The monoisotopic (exact) mass is 423 g/mol. The number of hydrogen-bond acceptors (Lipinski definition) is 7. The van der Waals surface area contributed by atoms with Crippen molar-refractivity contribution in [1.82, 2.24) is 15.1 Å². The summed E-state index contributed by atoms with van der Waals surface area (Å²) in [6.45, 7) is 1.18. The second-order valence-corrected chi connectivity index (χ2v) is 9.80. The van der Waals surface area contributed by atoms with Crippen molar-refractivity contribution < 1.29 is 32.3 Å². The average Bonchev–Trinajstić information content (AvgIpc) is 3.34. The molecule has 4 amide bonds. The number of hydrogen-bond donors (Lipinski definition) is 1. The molecule has 11 heteroatoms. The van der Waals surface area contributed by atoms with Crippen molar-refractivity contribution in [1.29, 1.82) is 0 Å². The Balaban J connectivity index is 1.50. The number of benzene rings is 1. The van der Waals surface area contributed by atoms with E-state index in [1.54, 1.807) is 25.1 Å². The van der Waals surface area contributed by atoms with Crippen molar-refractivity contribution in [3.8, 4) is 11.5 Å². The van der Waals surface area contributed by atoms with Crippen molar-refractivity contribution >= 4 is 27.7 Å². The van der Waals surface area contributed by atoms with E-state index in [2.05, 4.69) is 5.32 Å². The molecule has 0 aromatic heterocycles. The Morgan fingerprint density at radius 3 is 2.72 bits per heavy atom. The molecule has 4 rings (SSSR count). The summed E-state index contributed by atoms with van der Waals surface area (Å²) in [7, 11) is -1.67. The van der Waals surface area contributed by atoms with Gasteiger partial charge in [0.1, 0.15) is 12.1 Å². The second-order valence-electron chi connectivity index (χ2n) is 7.58. The van der Waals surface area contributed by atoms with Crippen LogP contribution in [-0.4, -0.2) is 74.0 Å². The third-order valence-corrected chi connectivity index (χ3v) is 7.42. The molecule has 10 nitrogen and oxygen atoms in total. The van der Waals surface area contributed by atoms with E-state index >= 15 is 0 Å². The number of likely N-dealkylation sites (N-methyl/N-ethyl adjacent to an activating group) is 1. The van der Waals surface area contributed by atoms with Gasteiger partial charge in [-0.25, -0.2) is 13.2 Å². The van der Waals surface area contributed by atoms with Gasteiger partial charge in [0, 0.05) is 13.1 Å². The molecule has 3 aliphatic rings. The molecule has 0 radical (unpaired) electrons. The molecule has 2 saturated heterocycles. The normalized spacial score (nSPS) is 27.2. The Morgan fingerprint density at radius 2 is 2.03 bits per heavy atom. The predicted molar refractivity (Wildman–Crippen MR) is 100.0 cm³/mol. The molecular formula is C18H21N3O7S. The lowest BCUT2D eigenvalue weighted by molar-refractivity contribution is -0.139. The van der Waals surface area contributed by atoms with Gasteiger partial charge in [-0.05, 0) is 31.0 Å². The van der Waals surface area contributed by atoms with Crippen LogP contribution in [0, 0.1) is 0 Å². The van der Waals surface area contributed by atoms with E-state index in [4.69, 9.17) is 9.47 Å². The van der Waals surface area contributed by atoms with Crippen LogP contribution in [0.3, 0.4) is 0 Å². The Bertz CT molecular complexity index is 1010. The third-order valence-electron chi connectivity index (χ3n) is 5.67. The van der Waals surface area contributed by atoms with Gasteiger partial charge in [0.15, 0.2) is 21.3 Å². The molecule has 156 valence electrons. The van der Waals surface area contributed by atoms with Gasteiger partial charge in [-0.2, -0.15) is 0 Å². The first-order valence-electron chi connectivity index (χ1n) is 9.11. The summed E-state index contributed by atoms with van der Waals surface area (Å²) in [4.78, 5) is 40.3. The maximum absolute atomic E-state index is 13.0. The Kier molecular flexibility index (Phi) is 4.45. The molecule has 0 spiro atoms. The summed E-state index contributed by atoms with van der Waals surface area (Å²) in [5.41, 5.74) is -0.849. The summed E-state index contributed by atoms with van der Waals surface area (Å²) >= 11 is 0. The number of sulfone groups is 1. The topological polar surface area (TPSA) is 122 Å². The van der Waals surface area contributed by atoms with E-state index in [0.29, 0.717) is 23.5 Å². The van der Waals surface area contributed by atoms with Crippen LogP contribution < -0.4 is 14.8 Å². The predicted octanol–water partition coefficient (Wildman–Crippen LogP) is -0.172. The number of carbonyl (C=O) groups is 3. The Hall–Kier alpha value is -2.82. The molecule has 3 aliphatic heterocycles. The van der Waals surface area contributed by atoms with Crippen LogP contribution in [0.1, 0.15) is 18.9 Å². The fraction of sp³-hybridized carbons (Fsp3) is 0.500. The first kappa shape index (κ1) is 19.5. The second kappa shape index (κ2) is 6.61. The molecule has 1 aromatic rings. The smallest absolute Gasteiger partial charge is 0.325 e. The van der Waals surface area contributed by atoms with Gasteiger partial charge in [0.05, 0.1) is 11.5 Å². The highest BCUT2D eigenvalue weighted by atomic mass is 32.2. The van der Waals surface area contributed by atoms with E-state index in [9.17, 15) is 22.8 Å². The number of amides is 4. The number of fused-ring (bicyclic) bond motifs is 1. The molecule has 1 N–H and O–H groups in total. The van der Waals surface area contributed by atoms with Crippen LogP contribution in [0.15, 0.2) is 18.2 Å². The largest absolute Gasteiger partial charge is 0.454 e. The zero-order valence-electron chi connectivity index (χ0n) is 16.0. The van der Waals surface area contributed by atoms with E-state index in [1.165, 1.54) is 11.9 Å². The summed E-state index contributed by atoms with van der Waals surface area (Å²) in [5, 5.41) is 2.64. The highest BCUT2D eigenvalue weighted by molar-refractivity contribution is 7.91. The Labute approximate surface area is 167 Å². The molecule has 2 fully saturated rings. The number of ether oxygens (including phenoxy) is 2. The van der Waals surface area contributed by atoms with Crippen LogP contribution in [0.4, 0.5) is 4.79 Å². The highest BCUT2D eigenvalue weighted by Crippen LogP contribution is 2.37. The van der Waals surface area contributed by atoms with Crippen molar-refractivity contribution in [2.75, 3.05) is 31.9 Å². The van der Waals surface area contributed by atoms with Crippen molar-refractivity contribution in [2.45, 2.75) is 24.9 Å². The molecule has 2 unspecified atom stereocenters. The summed E-state index contributed by atoms with van der Waals surface area (Å²) < 4.78 is 33.9. The zero-order chi connectivity index (χ0) is 21.0. The SMILES string of the molecule is CN(C(=O)CN1C(=O)NC(C)(c2ccc3c(c2)OCO3)C1=O)C1CCS(=O)(=O)C1. The summed E-state index contributed by atoms with van der Waals surface area (Å²) in [6.07, 6.45) is 0.347. The minimum atomic E-state index is -3.16. The van der Waals surface area contributed by atoms with E-state index < -0.39 is 45.8 Å². The summed E-state index contributed by atoms with van der Waals surface area (Å²) in [6, 6.07) is 3.81. The molecule has 3 heterocycles. The summed E-state index contributed by atoms with van der Waals surface area (Å²) in [5.74, 6) is -0.116. The van der Waals surface area contributed by atoms with Gasteiger partial charge in [-0.1, -0.05) is 6.07 Å². The number of imide groups is 1. The zero-order valence-corrected chi connectivity index (χ0v) is 16.8. The minimum Gasteiger partial charge on any atom is -0.454 e. The quantitative estimate of drug-likeness (QED) is 0.667. The molecular weight excluding hydrogens is 402 g/mol. The van der Waals surface area contributed by atoms with Gasteiger partial charge in [0.25, 0.3) is 5.91 Å². The van der Waals surface area contributed by atoms with Crippen LogP contribution >= 0.6 is 0 Å². The van der Waals surface area contributed by atoms with E-state index in [0.717, 1.165) is 4.90 Å². The highest BCUT2D eigenvalue weighted by Gasteiger charge is 2.50. The van der Waals surface area contributed by atoms with Gasteiger partial charge in [-0.15, -0.1) is 0 Å². The molecule has 2 atom stereocenters. The van der Waals surface area contributed by atoms with Gasteiger partial charge in [0.2, 0.25) is 12.7 Å². The van der Waals surface area contributed by atoms with Gasteiger partial charge < -0.3 is 19.7 Å². The standard InChI is InChI=1S/C18H21N3O7S/c1-18(11-3-4-13-14(7-11)28-10-27-13)16(23)21(17(24)19-18)8-15(22)20(2)12-5-6-29(25,26)9-12/h3-4,7,12H,5-6,8-10H2,1-2H3,(H,19,24). The van der Waals surface area contributed by atoms with Crippen molar-refractivity contribution in [3.05, 3.63) is 23.8 Å². The number of carbonyl (C=O) groups excluding carboxylic acids is 3. The van der Waals surface area contributed by atoms with E-state index in [1.807, 2.05) is 0 Å². The molecule has 0 bridgehead atoms. The molecule has 1 aromatic carbocycles. The fourth-order valence-corrected chi connectivity index (χ4v) is 5.55. The number of nitrogens with zero attached hydrogens (tertiary/aromatic N) is 2. The lowest BCUT2D eigenvalue weighted by Crippen LogP contribution is -2.46. The van der Waals surface area contributed by atoms with Gasteiger partial charge in [-0.3, -0.25) is 14.5 Å². The average molecular weight is 423 g/mol. The van der Waals surface area contributed by atoms with Crippen molar-refractivity contribution in [3.63, 3.8) is 0 Å². The molecule has 29 heavy (non-hydrogen) atoms. The lowest BCUT2D eigenvalue weighted by Gasteiger charge is -2.26. The Morgan fingerprint density at radius 1 is 1.31 bits per heavy atom. The van der Waals surface area contributed by atoms with Crippen LogP contribution in [0.25, 0.3) is 0 Å². The van der Waals surface area contributed by atoms with Gasteiger partial charge >= 0.3 is 6.03 Å². The maximum Gasteiger partial charge on any atom is 0.325 e. The fourth-order valence-electron chi connectivity index (χ4n) is 3.78. The number of rotatable bonds is 4. The third kappa shape index (κ3) is 3.28. The first-order valence-corrected chi connectivity index (χ1v) is 10.9. The number of urea groups is 1. The first-order chi connectivity index (χ1) is 13.6. The molecule has 0 saturated carbocycles. The van der Waals surface area contributed by atoms with Crippen molar-refractivity contribution in [2.24, 2.45) is 0 Å². The lowest BCUT2D eigenvalue weighted by atomic mass is 9.91.